The second-order valence-corrected chi connectivity index (χ2v) is 8.24. The van der Waals surface area contributed by atoms with E-state index in [0.29, 0.717) is 13.0 Å². The number of nitrogens with zero attached hydrogens (tertiary/aromatic N) is 2. The van der Waals surface area contributed by atoms with Crippen molar-refractivity contribution in [2.24, 2.45) is 10.9 Å². The van der Waals surface area contributed by atoms with E-state index in [9.17, 15) is 4.79 Å². The van der Waals surface area contributed by atoms with Crippen LogP contribution in [0.25, 0.3) is 0 Å². The van der Waals surface area contributed by atoms with Gasteiger partial charge in [-0.05, 0) is 55.5 Å². The minimum absolute atomic E-state index is 0.212. The number of carbonyl (C=O) groups is 1. The zero-order valence-corrected chi connectivity index (χ0v) is 17.2. The molecule has 0 aromatic carbocycles. The van der Waals surface area contributed by atoms with Gasteiger partial charge in [-0.2, -0.15) is 0 Å². The van der Waals surface area contributed by atoms with E-state index >= 15 is 0 Å². The second-order valence-electron chi connectivity index (χ2n) is 7.24. The first-order valence-electron chi connectivity index (χ1n) is 10.2. The number of carbonyl (C=O) groups excluding carboxylic acids is 1. The SMILES string of the molecule is CCNC(=NCCCOCC1CC1)NCCC(=O)N1CCc2sccc2C1. The van der Waals surface area contributed by atoms with Gasteiger partial charge in [0, 0.05) is 57.2 Å². The molecule has 6 nitrogen and oxygen atoms in total. The highest BCUT2D eigenvalue weighted by molar-refractivity contribution is 7.10. The minimum atomic E-state index is 0.212. The fraction of sp³-hybridized carbons (Fsp3) is 0.700. The summed E-state index contributed by atoms with van der Waals surface area (Å²) in [5.41, 5.74) is 1.31. The first kappa shape index (κ1) is 20.1. The molecule has 0 spiro atoms. The zero-order valence-electron chi connectivity index (χ0n) is 16.3. The largest absolute Gasteiger partial charge is 0.381 e. The monoisotopic (exact) mass is 392 g/mol. The predicted molar refractivity (Wildman–Crippen MR) is 110 cm³/mol. The first-order valence-corrected chi connectivity index (χ1v) is 11.1. The molecule has 0 saturated heterocycles. The Labute approximate surface area is 166 Å². The van der Waals surface area contributed by atoms with Crippen LogP contribution in [0.4, 0.5) is 0 Å². The van der Waals surface area contributed by atoms with Crippen molar-refractivity contribution in [2.75, 3.05) is 39.4 Å². The maximum atomic E-state index is 12.5. The molecule has 1 aliphatic heterocycles. The molecule has 1 aliphatic carbocycles. The molecule has 3 rings (SSSR count). The lowest BCUT2D eigenvalue weighted by Crippen LogP contribution is -2.41. The van der Waals surface area contributed by atoms with Gasteiger partial charge in [-0.1, -0.05) is 0 Å². The third kappa shape index (κ3) is 6.81. The van der Waals surface area contributed by atoms with Crippen molar-refractivity contribution >= 4 is 23.2 Å². The van der Waals surface area contributed by atoms with E-state index in [1.807, 2.05) is 11.8 Å². The van der Waals surface area contributed by atoms with Crippen LogP contribution in [-0.2, 0) is 22.5 Å². The molecule has 1 amide bonds. The number of aliphatic imine (C=N–C) groups is 1. The molecule has 1 fully saturated rings. The normalized spacial score (nSPS) is 16.9. The lowest BCUT2D eigenvalue weighted by atomic mass is 10.1. The van der Waals surface area contributed by atoms with Crippen LogP contribution in [0, 0.1) is 5.92 Å². The lowest BCUT2D eigenvalue weighted by Gasteiger charge is -2.27. The summed E-state index contributed by atoms with van der Waals surface area (Å²) in [4.78, 5) is 20.4. The number of amides is 1. The van der Waals surface area contributed by atoms with E-state index in [1.165, 1.54) is 23.3 Å². The molecule has 0 atom stereocenters. The third-order valence-electron chi connectivity index (χ3n) is 4.90. The van der Waals surface area contributed by atoms with Crippen molar-refractivity contribution in [1.29, 1.82) is 0 Å². The van der Waals surface area contributed by atoms with E-state index in [2.05, 4.69) is 27.1 Å². The number of nitrogens with one attached hydrogen (secondary N) is 2. The van der Waals surface area contributed by atoms with Gasteiger partial charge in [0.25, 0.3) is 0 Å². The summed E-state index contributed by atoms with van der Waals surface area (Å²) in [7, 11) is 0. The maximum Gasteiger partial charge on any atom is 0.224 e. The van der Waals surface area contributed by atoms with E-state index < -0.39 is 0 Å². The van der Waals surface area contributed by atoms with Crippen molar-refractivity contribution in [3.63, 3.8) is 0 Å². The van der Waals surface area contributed by atoms with Crippen LogP contribution >= 0.6 is 11.3 Å². The maximum absolute atomic E-state index is 12.5. The molecule has 0 unspecified atom stereocenters. The van der Waals surface area contributed by atoms with Gasteiger partial charge in [-0.15, -0.1) is 11.3 Å². The van der Waals surface area contributed by atoms with Crippen LogP contribution in [0.2, 0.25) is 0 Å². The van der Waals surface area contributed by atoms with Gasteiger partial charge >= 0.3 is 0 Å². The lowest BCUT2D eigenvalue weighted by molar-refractivity contribution is -0.131. The van der Waals surface area contributed by atoms with Crippen LogP contribution < -0.4 is 10.6 Å². The molecular formula is C20H32N4O2S. The van der Waals surface area contributed by atoms with Gasteiger partial charge in [0.1, 0.15) is 0 Å². The van der Waals surface area contributed by atoms with Crippen molar-refractivity contribution in [2.45, 2.75) is 45.6 Å². The van der Waals surface area contributed by atoms with E-state index in [-0.39, 0.29) is 5.91 Å². The van der Waals surface area contributed by atoms with Gasteiger partial charge in [-0.3, -0.25) is 9.79 Å². The highest BCUT2D eigenvalue weighted by Crippen LogP contribution is 2.28. The number of hydrogen-bond donors (Lipinski definition) is 2. The van der Waals surface area contributed by atoms with Crippen molar-refractivity contribution in [3.8, 4) is 0 Å². The molecular weight excluding hydrogens is 360 g/mol. The highest BCUT2D eigenvalue weighted by Gasteiger charge is 2.21. The van der Waals surface area contributed by atoms with E-state index in [1.54, 1.807) is 11.3 Å². The van der Waals surface area contributed by atoms with Crippen LogP contribution in [0.3, 0.4) is 0 Å². The molecule has 1 saturated carbocycles. The molecule has 0 radical (unpaired) electrons. The predicted octanol–water partition coefficient (Wildman–Crippen LogP) is 2.39. The summed E-state index contributed by atoms with van der Waals surface area (Å²) in [6.07, 6.45) is 5.07. The van der Waals surface area contributed by atoms with Gasteiger partial charge in [0.2, 0.25) is 5.91 Å². The quantitative estimate of drug-likeness (QED) is 0.365. The third-order valence-corrected chi connectivity index (χ3v) is 5.93. The number of hydrogen-bond acceptors (Lipinski definition) is 4. The van der Waals surface area contributed by atoms with Crippen LogP contribution in [0.15, 0.2) is 16.4 Å². The fourth-order valence-corrected chi connectivity index (χ4v) is 4.03. The highest BCUT2D eigenvalue weighted by atomic mass is 32.1. The van der Waals surface area contributed by atoms with E-state index in [0.717, 1.165) is 64.1 Å². The minimum Gasteiger partial charge on any atom is -0.381 e. The Hall–Kier alpha value is -1.60. The molecule has 27 heavy (non-hydrogen) atoms. The van der Waals surface area contributed by atoms with Crippen molar-refractivity contribution in [3.05, 3.63) is 21.9 Å². The molecule has 2 heterocycles. The van der Waals surface area contributed by atoms with E-state index in [4.69, 9.17) is 4.74 Å². The Morgan fingerprint density at radius 3 is 3.11 bits per heavy atom. The summed E-state index contributed by atoms with van der Waals surface area (Å²) in [5, 5.41) is 8.64. The zero-order chi connectivity index (χ0) is 18.9. The summed E-state index contributed by atoms with van der Waals surface area (Å²) in [6.45, 7) is 7.48. The number of fused-ring (bicyclic) bond motifs is 1. The Kier molecular flexibility index (Phi) is 7.95. The standard InChI is InChI=1S/C20H32N4O2S/c1-2-21-20(22-9-3-12-26-15-16-4-5-16)23-10-6-19(25)24-11-7-18-17(14-24)8-13-27-18/h8,13,16H,2-7,9-12,14-15H2,1H3,(H2,21,22,23). The topological polar surface area (TPSA) is 66.0 Å². The van der Waals surface area contributed by atoms with Gasteiger partial charge < -0.3 is 20.3 Å². The fourth-order valence-electron chi connectivity index (χ4n) is 3.14. The molecule has 150 valence electrons. The first-order chi connectivity index (χ1) is 13.3. The van der Waals surface area contributed by atoms with Crippen LogP contribution in [-0.4, -0.2) is 56.2 Å². The average Bonchev–Trinajstić information content (AvgIpc) is 3.38. The molecule has 2 N–H and O–H groups in total. The summed E-state index contributed by atoms with van der Waals surface area (Å²) < 4.78 is 5.64. The van der Waals surface area contributed by atoms with Crippen molar-refractivity contribution < 1.29 is 9.53 Å². The molecule has 0 bridgehead atoms. The Balaban J connectivity index is 1.32. The molecule has 2 aliphatic rings. The Morgan fingerprint density at radius 2 is 2.30 bits per heavy atom. The number of ether oxygens (including phenoxy) is 1. The van der Waals surface area contributed by atoms with Crippen molar-refractivity contribution in [1.82, 2.24) is 15.5 Å². The molecule has 1 aromatic rings. The number of thiophene rings is 1. The van der Waals surface area contributed by atoms with Gasteiger partial charge in [0.05, 0.1) is 0 Å². The summed E-state index contributed by atoms with van der Waals surface area (Å²) >= 11 is 1.80. The summed E-state index contributed by atoms with van der Waals surface area (Å²) in [6, 6.07) is 2.14. The Bertz CT molecular complexity index is 627. The van der Waals surface area contributed by atoms with Crippen LogP contribution in [0.1, 0.15) is 43.0 Å². The number of rotatable bonds is 10. The summed E-state index contributed by atoms with van der Waals surface area (Å²) in [5.74, 6) is 1.81. The van der Waals surface area contributed by atoms with Gasteiger partial charge in [-0.25, -0.2) is 0 Å². The smallest absolute Gasteiger partial charge is 0.224 e. The molecule has 1 aromatic heterocycles. The second kappa shape index (κ2) is 10.7. The Morgan fingerprint density at radius 1 is 1.41 bits per heavy atom. The molecule has 7 heteroatoms. The van der Waals surface area contributed by atoms with Gasteiger partial charge in [0.15, 0.2) is 5.96 Å². The number of guanidine groups is 1. The van der Waals surface area contributed by atoms with Crippen LogP contribution in [0.5, 0.6) is 0 Å². The average molecular weight is 393 g/mol.